The highest BCUT2D eigenvalue weighted by Crippen LogP contribution is 2.28. The van der Waals surface area contributed by atoms with Gasteiger partial charge in [0.2, 0.25) is 0 Å². The summed E-state index contributed by atoms with van der Waals surface area (Å²) in [5, 5.41) is 7.92. The number of aryl methyl sites for hydroxylation is 1. The zero-order valence-corrected chi connectivity index (χ0v) is 9.83. The van der Waals surface area contributed by atoms with Gasteiger partial charge in [0.1, 0.15) is 5.82 Å². The van der Waals surface area contributed by atoms with Gasteiger partial charge in [-0.25, -0.2) is 9.37 Å². The summed E-state index contributed by atoms with van der Waals surface area (Å²) in [7, 11) is 1.85. The standard InChI is InChI=1S/C11H9FN4S/c1-16-6-8(5-13-16)14-11-15-9-4-7(12)2-3-10(9)17-11/h2-6H,1H3,(H,14,15). The Bertz CT molecular complexity index is 673. The molecule has 6 heteroatoms. The van der Waals surface area contributed by atoms with Crippen molar-refractivity contribution in [2.45, 2.75) is 0 Å². The Morgan fingerprint density at radius 3 is 3.06 bits per heavy atom. The Kier molecular flexibility index (Phi) is 2.29. The number of benzene rings is 1. The summed E-state index contributed by atoms with van der Waals surface area (Å²) in [5.74, 6) is -0.268. The first-order valence-electron chi connectivity index (χ1n) is 5.02. The molecular formula is C11H9FN4S. The fraction of sp³-hybridized carbons (Fsp3) is 0.0909. The van der Waals surface area contributed by atoms with Crippen molar-refractivity contribution in [1.82, 2.24) is 14.8 Å². The van der Waals surface area contributed by atoms with Gasteiger partial charge in [0.05, 0.1) is 22.1 Å². The van der Waals surface area contributed by atoms with Gasteiger partial charge in [0.15, 0.2) is 5.13 Å². The van der Waals surface area contributed by atoms with Gasteiger partial charge in [-0.05, 0) is 12.1 Å². The van der Waals surface area contributed by atoms with Crippen molar-refractivity contribution < 1.29 is 4.39 Å². The molecule has 0 bridgehead atoms. The number of fused-ring (bicyclic) bond motifs is 1. The van der Waals surface area contributed by atoms with Gasteiger partial charge in [-0.15, -0.1) is 0 Å². The monoisotopic (exact) mass is 248 g/mol. The van der Waals surface area contributed by atoms with E-state index in [9.17, 15) is 4.39 Å². The van der Waals surface area contributed by atoms with Gasteiger partial charge in [0.25, 0.3) is 0 Å². The number of thiazole rings is 1. The van der Waals surface area contributed by atoms with Crippen LogP contribution in [0.5, 0.6) is 0 Å². The molecule has 2 aromatic heterocycles. The smallest absolute Gasteiger partial charge is 0.188 e. The lowest BCUT2D eigenvalue weighted by atomic mass is 10.3. The van der Waals surface area contributed by atoms with Crippen LogP contribution in [0, 0.1) is 5.82 Å². The number of hydrogen-bond donors (Lipinski definition) is 1. The van der Waals surface area contributed by atoms with Crippen molar-refractivity contribution in [2.24, 2.45) is 7.05 Å². The van der Waals surface area contributed by atoms with Crippen LogP contribution in [0.15, 0.2) is 30.6 Å². The Hall–Kier alpha value is -1.95. The zero-order chi connectivity index (χ0) is 11.8. The number of nitrogens with zero attached hydrogens (tertiary/aromatic N) is 3. The lowest BCUT2D eigenvalue weighted by molar-refractivity contribution is 0.629. The molecule has 0 unspecified atom stereocenters. The first-order chi connectivity index (χ1) is 8.20. The molecule has 0 saturated carbocycles. The van der Waals surface area contributed by atoms with E-state index >= 15 is 0 Å². The molecule has 0 aliphatic heterocycles. The molecule has 0 fully saturated rings. The second-order valence-electron chi connectivity index (χ2n) is 3.66. The molecule has 4 nitrogen and oxygen atoms in total. The minimum absolute atomic E-state index is 0.268. The normalized spacial score (nSPS) is 10.9. The van der Waals surface area contributed by atoms with Crippen LogP contribution in [0.3, 0.4) is 0 Å². The van der Waals surface area contributed by atoms with Gasteiger partial charge >= 0.3 is 0 Å². The molecule has 0 saturated heterocycles. The number of halogens is 1. The van der Waals surface area contributed by atoms with Crippen LogP contribution in [0.4, 0.5) is 15.2 Å². The van der Waals surface area contributed by atoms with Crippen LogP contribution < -0.4 is 5.32 Å². The highest BCUT2D eigenvalue weighted by atomic mass is 32.1. The SMILES string of the molecule is Cn1cc(Nc2nc3cc(F)ccc3s2)cn1. The maximum Gasteiger partial charge on any atom is 0.188 e. The fourth-order valence-corrected chi connectivity index (χ4v) is 2.43. The average molecular weight is 248 g/mol. The molecule has 0 atom stereocenters. The summed E-state index contributed by atoms with van der Waals surface area (Å²) < 4.78 is 15.7. The van der Waals surface area contributed by atoms with Gasteiger partial charge in [-0.1, -0.05) is 11.3 Å². The van der Waals surface area contributed by atoms with Gasteiger partial charge in [-0.3, -0.25) is 4.68 Å². The molecule has 0 radical (unpaired) electrons. The molecule has 3 rings (SSSR count). The van der Waals surface area contributed by atoms with Gasteiger partial charge < -0.3 is 5.32 Å². The first kappa shape index (κ1) is 10.2. The number of anilines is 2. The Morgan fingerprint density at radius 1 is 1.41 bits per heavy atom. The number of aromatic nitrogens is 3. The largest absolute Gasteiger partial charge is 0.329 e. The predicted molar refractivity (Wildman–Crippen MR) is 66.1 cm³/mol. The Balaban J connectivity index is 1.95. The average Bonchev–Trinajstić information content (AvgIpc) is 2.84. The second kappa shape index (κ2) is 3.81. The molecule has 0 amide bonds. The molecule has 17 heavy (non-hydrogen) atoms. The van der Waals surface area contributed by atoms with Crippen LogP contribution in [-0.2, 0) is 7.05 Å². The van der Waals surface area contributed by atoms with E-state index in [-0.39, 0.29) is 5.82 Å². The molecule has 0 spiro atoms. The maximum absolute atomic E-state index is 13.0. The Labute approximate surface area is 101 Å². The van der Waals surface area contributed by atoms with E-state index in [0.717, 1.165) is 15.5 Å². The Morgan fingerprint density at radius 2 is 2.29 bits per heavy atom. The quantitative estimate of drug-likeness (QED) is 0.758. The molecule has 0 aliphatic rings. The van der Waals surface area contributed by atoms with E-state index < -0.39 is 0 Å². The molecule has 1 aromatic carbocycles. The van der Waals surface area contributed by atoms with Crippen LogP contribution in [0.1, 0.15) is 0 Å². The van der Waals surface area contributed by atoms with E-state index in [4.69, 9.17) is 0 Å². The molecule has 3 aromatic rings. The van der Waals surface area contributed by atoms with E-state index in [1.54, 1.807) is 16.9 Å². The minimum Gasteiger partial charge on any atom is -0.329 e. The number of rotatable bonds is 2. The fourth-order valence-electron chi connectivity index (χ4n) is 1.56. The number of hydrogen-bond acceptors (Lipinski definition) is 4. The van der Waals surface area contributed by atoms with Crippen molar-refractivity contribution in [3.63, 3.8) is 0 Å². The molecule has 86 valence electrons. The lowest BCUT2D eigenvalue weighted by Gasteiger charge is -1.94. The van der Waals surface area contributed by atoms with Crippen LogP contribution in [0.25, 0.3) is 10.2 Å². The van der Waals surface area contributed by atoms with E-state index in [1.165, 1.54) is 23.5 Å². The van der Waals surface area contributed by atoms with E-state index in [1.807, 2.05) is 13.2 Å². The molecular weight excluding hydrogens is 239 g/mol. The molecule has 1 N–H and O–H groups in total. The predicted octanol–water partition coefficient (Wildman–Crippen LogP) is 2.91. The summed E-state index contributed by atoms with van der Waals surface area (Å²) in [5.41, 5.74) is 1.54. The second-order valence-corrected chi connectivity index (χ2v) is 4.69. The van der Waals surface area contributed by atoms with Crippen molar-refractivity contribution in [1.29, 1.82) is 0 Å². The van der Waals surface area contributed by atoms with Crippen molar-refractivity contribution in [2.75, 3.05) is 5.32 Å². The first-order valence-corrected chi connectivity index (χ1v) is 5.84. The summed E-state index contributed by atoms with van der Waals surface area (Å²) >= 11 is 1.48. The summed E-state index contributed by atoms with van der Waals surface area (Å²) in [6.45, 7) is 0. The topological polar surface area (TPSA) is 42.7 Å². The third-order valence-corrected chi connectivity index (χ3v) is 3.26. The van der Waals surface area contributed by atoms with Crippen molar-refractivity contribution >= 4 is 32.4 Å². The van der Waals surface area contributed by atoms with Crippen LogP contribution >= 0.6 is 11.3 Å². The molecule has 0 aliphatic carbocycles. The van der Waals surface area contributed by atoms with E-state index in [0.29, 0.717) is 5.52 Å². The van der Waals surface area contributed by atoms with Crippen molar-refractivity contribution in [3.8, 4) is 0 Å². The zero-order valence-electron chi connectivity index (χ0n) is 9.01. The number of nitrogens with one attached hydrogen (secondary N) is 1. The van der Waals surface area contributed by atoms with Crippen molar-refractivity contribution in [3.05, 3.63) is 36.4 Å². The lowest BCUT2D eigenvalue weighted by Crippen LogP contribution is -1.87. The highest BCUT2D eigenvalue weighted by molar-refractivity contribution is 7.22. The summed E-state index contributed by atoms with van der Waals surface area (Å²) in [6.07, 6.45) is 3.57. The maximum atomic E-state index is 13.0. The highest BCUT2D eigenvalue weighted by Gasteiger charge is 2.05. The van der Waals surface area contributed by atoms with Gasteiger partial charge in [-0.2, -0.15) is 5.10 Å². The van der Waals surface area contributed by atoms with Crippen LogP contribution in [0.2, 0.25) is 0 Å². The van der Waals surface area contributed by atoms with Gasteiger partial charge in [0, 0.05) is 19.3 Å². The third kappa shape index (κ3) is 1.99. The van der Waals surface area contributed by atoms with E-state index in [2.05, 4.69) is 15.4 Å². The summed E-state index contributed by atoms with van der Waals surface area (Å²) in [6, 6.07) is 4.60. The minimum atomic E-state index is -0.268. The molecule has 2 heterocycles. The third-order valence-electron chi connectivity index (χ3n) is 2.31. The summed E-state index contributed by atoms with van der Waals surface area (Å²) in [4.78, 5) is 4.31. The van der Waals surface area contributed by atoms with Crippen LogP contribution in [-0.4, -0.2) is 14.8 Å².